The minimum Gasteiger partial charge on any atom is -0.462 e. The molecule has 136 valence electrons. The zero-order chi connectivity index (χ0) is 18.4. The minimum atomic E-state index is -1.61. The Kier molecular flexibility index (Phi) is 7.11. The van der Waals surface area contributed by atoms with Crippen molar-refractivity contribution in [2.24, 2.45) is 0 Å². The highest BCUT2D eigenvalue weighted by atomic mass is 16.7. The van der Waals surface area contributed by atoms with Crippen molar-refractivity contribution in [1.29, 1.82) is 0 Å². The number of hydrogen-bond acceptors (Lipinski definition) is 10. The average molecular weight is 348 g/mol. The van der Waals surface area contributed by atoms with E-state index >= 15 is 0 Å². The van der Waals surface area contributed by atoms with Gasteiger partial charge in [0.25, 0.3) is 0 Å². The molecule has 1 aliphatic rings. The number of esters is 4. The predicted octanol–water partition coefficient (Wildman–Crippen LogP) is -0.938. The third-order valence-corrected chi connectivity index (χ3v) is 2.96. The standard InChI is InChI=1S/C14H20O10/c1-6(15)20-5-10(21-7(2)16)11-12(22-8(3)17)13(14(19)24-11)23-9(4)18/h10-14,19H,5H2,1-4H3/t10-,11-,12+,13-,14?/m1/s1. The number of carbonyl (C=O) groups excluding carboxylic acids is 4. The Balaban J connectivity index is 3.03. The van der Waals surface area contributed by atoms with Gasteiger partial charge in [0.1, 0.15) is 12.7 Å². The summed E-state index contributed by atoms with van der Waals surface area (Å²) in [6.45, 7) is 4.10. The monoisotopic (exact) mass is 348 g/mol. The minimum absolute atomic E-state index is 0.392. The number of hydrogen-bond donors (Lipinski definition) is 1. The van der Waals surface area contributed by atoms with Gasteiger partial charge in [-0.25, -0.2) is 0 Å². The predicted molar refractivity (Wildman–Crippen MR) is 74.2 cm³/mol. The summed E-state index contributed by atoms with van der Waals surface area (Å²) in [5, 5.41) is 9.91. The Hall–Kier alpha value is -2.20. The molecule has 0 amide bonds. The van der Waals surface area contributed by atoms with Crippen molar-refractivity contribution >= 4 is 23.9 Å². The molecule has 0 aliphatic carbocycles. The fourth-order valence-corrected chi connectivity index (χ4v) is 2.22. The maximum absolute atomic E-state index is 11.3. The molecular formula is C14H20O10. The van der Waals surface area contributed by atoms with Gasteiger partial charge >= 0.3 is 23.9 Å². The van der Waals surface area contributed by atoms with Crippen LogP contribution in [0.15, 0.2) is 0 Å². The summed E-state index contributed by atoms with van der Waals surface area (Å²) >= 11 is 0. The molecule has 0 bridgehead atoms. The van der Waals surface area contributed by atoms with E-state index in [9.17, 15) is 24.3 Å². The maximum atomic E-state index is 11.3. The third kappa shape index (κ3) is 5.78. The molecule has 10 heteroatoms. The molecule has 0 aromatic carbocycles. The van der Waals surface area contributed by atoms with Crippen LogP contribution in [0.2, 0.25) is 0 Å². The van der Waals surface area contributed by atoms with Crippen LogP contribution in [0.4, 0.5) is 0 Å². The Morgan fingerprint density at radius 3 is 1.92 bits per heavy atom. The van der Waals surface area contributed by atoms with E-state index in [2.05, 4.69) is 0 Å². The highest BCUT2D eigenvalue weighted by Crippen LogP contribution is 2.29. The first-order valence-corrected chi connectivity index (χ1v) is 7.10. The Labute approximate surface area is 137 Å². The number of ether oxygens (including phenoxy) is 5. The molecule has 1 unspecified atom stereocenters. The van der Waals surface area contributed by atoms with Crippen LogP contribution in [0.1, 0.15) is 27.7 Å². The lowest BCUT2D eigenvalue weighted by Crippen LogP contribution is -2.46. The maximum Gasteiger partial charge on any atom is 0.303 e. The van der Waals surface area contributed by atoms with Crippen LogP contribution in [0.5, 0.6) is 0 Å². The number of aliphatic hydroxyl groups is 1. The molecule has 24 heavy (non-hydrogen) atoms. The van der Waals surface area contributed by atoms with Crippen molar-refractivity contribution < 1.29 is 48.0 Å². The first-order chi connectivity index (χ1) is 11.1. The van der Waals surface area contributed by atoms with Crippen molar-refractivity contribution in [3.8, 4) is 0 Å². The number of carbonyl (C=O) groups is 4. The Bertz CT molecular complexity index is 502. The summed E-state index contributed by atoms with van der Waals surface area (Å²) in [6.07, 6.45) is -6.55. The van der Waals surface area contributed by atoms with E-state index in [0.717, 1.165) is 27.7 Å². The fraction of sp³-hybridized carbons (Fsp3) is 0.714. The lowest BCUT2D eigenvalue weighted by Gasteiger charge is -2.27. The van der Waals surface area contributed by atoms with Gasteiger partial charge in [0.15, 0.2) is 24.6 Å². The van der Waals surface area contributed by atoms with Crippen LogP contribution in [0, 0.1) is 0 Å². The summed E-state index contributed by atoms with van der Waals surface area (Å²) in [5.74, 6) is -2.80. The molecule has 1 N–H and O–H groups in total. The van der Waals surface area contributed by atoms with Gasteiger partial charge in [0.2, 0.25) is 0 Å². The number of aliphatic hydroxyl groups excluding tert-OH is 1. The summed E-state index contributed by atoms with van der Waals surface area (Å²) in [4.78, 5) is 44.7. The zero-order valence-corrected chi connectivity index (χ0v) is 13.7. The van der Waals surface area contributed by atoms with E-state index in [-0.39, 0.29) is 0 Å². The third-order valence-electron chi connectivity index (χ3n) is 2.96. The number of rotatable bonds is 6. The van der Waals surface area contributed by atoms with E-state index in [4.69, 9.17) is 23.7 Å². The van der Waals surface area contributed by atoms with Gasteiger partial charge in [0.05, 0.1) is 0 Å². The molecule has 0 aromatic heterocycles. The van der Waals surface area contributed by atoms with Gasteiger partial charge < -0.3 is 28.8 Å². The molecular weight excluding hydrogens is 328 g/mol. The zero-order valence-electron chi connectivity index (χ0n) is 13.7. The lowest BCUT2D eigenvalue weighted by atomic mass is 10.1. The summed E-state index contributed by atoms with van der Waals surface area (Å²) in [5.41, 5.74) is 0. The van der Waals surface area contributed by atoms with Crippen LogP contribution < -0.4 is 0 Å². The quantitative estimate of drug-likeness (QED) is 0.473. The van der Waals surface area contributed by atoms with Crippen LogP contribution >= 0.6 is 0 Å². The molecule has 1 fully saturated rings. The summed E-state index contributed by atoms with van der Waals surface area (Å²) in [7, 11) is 0. The van der Waals surface area contributed by atoms with Gasteiger partial charge in [0, 0.05) is 27.7 Å². The molecule has 10 nitrogen and oxygen atoms in total. The highest BCUT2D eigenvalue weighted by molar-refractivity contribution is 5.68. The van der Waals surface area contributed by atoms with E-state index < -0.39 is 61.2 Å². The van der Waals surface area contributed by atoms with Crippen molar-refractivity contribution in [2.45, 2.75) is 58.4 Å². The van der Waals surface area contributed by atoms with Gasteiger partial charge in [-0.15, -0.1) is 0 Å². The van der Waals surface area contributed by atoms with Gasteiger partial charge in [-0.1, -0.05) is 0 Å². The van der Waals surface area contributed by atoms with Crippen LogP contribution in [0.25, 0.3) is 0 Å². The first-order valence-electron chi connectivity index (χ1n) is 7.10. The second kappa shape index (κ2) is 8.60. The Morgan fingerprint density at radius 2 is 1.46 bits per heavy atom. The Morgan fingerprint density at radius 1 is 0.917 bits per heavy atom. The van der Waals surface area contributed by atoms with Gasteiger partial charge in [-0.2, -0.15) is 0 Å². The topological polar surface area (TPSA) is 135 Å². The smallest absolute Gasteiger partial charge is 0.303 e. The lowest BCUT2D eigenvalue weighted by molar-refractivity contribution is -0.184. The molecule has 1 rings (SSSR count). The average Bonchev–Trinajstić information content (AvgIpc) is 2.70. The fourth-order valence-electron chi connectivity index (χ4n) is 2.22. The van der Waals surface area contributed by atoms with E-state index in [1.54, 1.807) is 0 Å². The molecule has 1 heterocycles. The highest BCUT2D eigenvalue weighted by Gasteiger charge is 2.52. The van der Waals surface area contributed by atoms with E-state index in [1.807, 2.05) is 0 Å². The molecule has 1 aliphatic heterocycles. The van der Waals surface area contributed by atoms with Crippen LogP contribution in [-0.2, 0) is 42.9 Å². The van der Waals surface area contributed by atoms with Crippen LogP contribution in [0.3, 0.4) is 0 Å². The molecule has 5 atom stereocenters. The van der Waals surface area contributed by atoms with Crippen molar-refractivity contribution in [3.63, 3.8) is 0 Å². The van der Waals surface area contributed by atoms with E-state index in [0.29, 0.717) is 0 Å². The van der Waals surface area contributed by atoms with Crippen LogP contribution in [-0.4, -0.2) is 66.3 Å². The second-order valence-electron chi connectivity index (χ2n) is 5.09. The molecule has 1 saturated heterocycles. The van der Waals surface area contributed by atoms with Gasteiger partial charge in [-0.05, 0) is 0 Å². The molecule has 0 saturated carbocycles. The SMILES string of the molecule is CC(=O)OC[C@@H](OC(C)=O)[C@H]1OC(O)[C@H](OC(C)=O)[C@H]1OC(C)=O. The molecule has 0 radical (unpaired) electrons. The normalized spacial score (nSPS) is 27.0. The first kappa shape index (κ1) is 19.8. The summed E-state index contributed by atoms with van der Waals surface area (Å²) < 4.78 is 25.0. The van der Waals surface area contributed by atoms with E-state index in [1.165, 1.54) is 0 Å². The largest absolute Gasteiger partial charge is 0.462 e. The molecule has 0 aromatic rings. The summed E-state index contributed by atoms with van der Waals surface area (Å²) in [6, 6.07) is 0. The molecule has 0 spiro atoms. The second-order valence-corrected chi connectivity index (χ2v) is 5.09. The van der Waals surface area contributed by atoms with Crippen molar-refractivity contribution in [3.05, 3.63) is 0 Å². The van der Waals surface area contributed by atoms with Gasteiger partial charge in [-0.3, -0.25) is 19.2 Å². The van der Waals surface area contributed by atoms with Crippen molar-refractivity contribution in [1.82, 2.24) is 0 Å². The van der Waals surface area contributed by atoms with Crippen molar-refractivity contribution in [2.75, 3.05) is 6.61 Å².